The van der Waals surface area contributed by atoms with E-state index in [1.807, 2.05) is 24.3 Å². The van der Waals surface area contributed by atoms with E-state index in [2.05, 4.69) is 21.2 Å². The van der Waals surface area contributed by atoms with Gasteiger partial charge in [-0.1, -0.05) is 22.0 Å². The maximum Gasteiger partial charge on any atom is 0.143 e. The van der Waals surface area contributed by atoms with Gasteiger partial charge in [-0.3, -0.25) is 0 Å². The Morgan fingerprint density at radius 1 is 1.33 bits per heavy atom. The number of hydrogen-bond donors (Lipinski definition) is 1. The van der Waals surface area contributed by atoms with Crippen molar-refractivity contribution in [1.29, 1.82) is 5.26 Å². The summed E-state index contributed by atoms with van der Waals surface area (Å²) in [5, 5.41) is 12.4. The number of hydrogen-bond acceptors (Lipinski definition) is 3. The van der Waals surface area contributed by atoms with Gasteiger partial charge in [-0.05, 0) is 30.3 Å². The predicted octanol–water partition coefficient (Wildman–Crippen LogP) is 4.40. The van der Waals surface area contributed by atoms with Crippen LogP contribution in [0.15, 0.2) is 40.9 Å². The van der Waals surface area contributed by atoms with Crippen LogP contribution in [0.4, 0.5) is 10.1 Å². The molecule has 1 aliphatic heterocycles. The Labute approximate surface area is 130 Å². The van der Waals surface area contributed by atoms with Crippen LogP contribution in [0.5, 0.6) is 5.75 Å². The molecule has 0 spiro atoms. The van der Waals surface area contributed by atoms with Crippen molar-refractivity contribution in [2.45, 2.75) is 12.5 Å². The van der Waals surface area contributed by atoms with Crippen LogP contribution in [0.3, 0.4) is 0 Å². The number of halogens is 2. The van der Waals surface area contributed by atoms with Crippen molar-refractivity contribution in [2.75, 3.05) is 11.9 Å². The molecule has 0 aromatic heterocycles. The molecular weight excluding hydrogens is 335 g/mol. The summed E-state index contributed by atoms with van der Waals surface area (Å²) < 4.78 is 20.3. The third-order valence-corrected chi connectivity index (χ3v) is 3.96. The fourth-order valence-corrected chi connectivity index (χ4v) is 2.84. The lowest BCUT2D eigenvalue weighted by Crippen LogP contribution is -2.21. The zero-order chi connectivity index (χ0) is 14.8. The summed E-state index contributed by atoms with van der Waals surface area (Å²) in [6.07, 6.45) is 0.755. The Morgan fingerprint density at radius 2 is 2.19 bits per heavy atom. The molecule has 0 saturated carbocycles. The van der Waals surface area contributed by atoms with Gasteiger partial charge in [0.05, 0.1) is 18.3 Å². The SMILES string of the molecule is N#Cc1c(F)cccc1NC1CCOc2ccc(Br)cc21. The monoisotopic (exact) mass is 346 g/mol. The summed E-state index contributed by atoms with van der Waals surface area (Å²) in [5.74, 6) is 0.306. The lowest BCUT2D eigenvalue weighted by Gasteiger charge is -2.28. The summed E-state index contributed by atoms with van der Waals surface area (Å²) in [7, 11) is 0. The largest absolute Gasteiger partial charge is 0.493 e. The van der Waals surface area contributed by atoms with Gasteiger partial charge in [-0.15, -0.1) is 0 Å². The molecule has 1 unspecified atom stereocenters. The topological polar surface area (TPSA) is 45.0 Å². The molecule has 3 nitrogen and oxygen atoms in total. The maximum atomic E-state index is 13.7. The normalized spacial score (nSPS) is 16.5. The molecule has 0 saturated heterocycles. The average Bonchev–Trinajstić information content (AvgIpc) is 2.48. The van der Waals surface area contributed by atoms with Gasteiger partial charge in [0.25, 0.3) is 0 Å². The van der Waals surface area contributed by atoms with Crippen LogP contribution in [0, 0.1) is 17.1 Å². The molecule has 0 fully saturated rings. The van der Waals surface area contributed by atoms with Crippen molar-refractivity contribution in [3.05, 3.63) is 57.8 Å². The minimum Gasteiger partial charge on any atom is -0.493 e. The van der Waals surface area contributed by atoms with Gasteiger partial charge in [0.15, 0.2) is 0 Å². The number of anilines is 1. The minimum atomic E-state index is -0.510. The highest BCUT2D eigenvalue weighted by Crippen LogP contribution is 2.36. The highest BCUT2D eigenvalue weighted by molar-refractivity contribution is 9.10. The van der Waals surface area contributed by atoms with Gasteiger partial charge in [0.2, 0.25) is 0 Å². The number of nitrogens with zero attached hydrogens (tertiary/aromatic N) is 1. The molecule has 2 aromatic rings. The molecule has 106 valence electrons. The van der Waals surface area contributed by atoms with E-state index in [0.29, 0.717) is 12.3 Å². The van der Waals surface area contributed by atoms with Gasteiger partial charge < -0.3 is 10.1 Å². The van der Waals surface area contributed by atoms with Gasteiger partial charge in [0, 0.05) is 16.5 Å². The van der Waals surface area contributed by atoms with Crippen molar-refractivity contribution in [1.82, 2.24) is 0 Å². The zero-order valence-electron chi connectivity index (χ0n) is 11.1. The number of ether oxygens (including phenoxy) is 1. The van der Waals surface area contributed by atoms with E-state index < -0.39 is 5.82 Å². The Balaban J connectivity index is 1.96. The van der Waals surface area contributed by atoms with E-state index >= 15 is 0 Å². The second-order valence-electron chi connectivity index (χ2n) is 4.79. The van der Waals surface area contributed by atoms with E-state index in [0.717, 1.165) is 22.2 Å². The molecule has 3 rings (SSSR count). The Morgan fingerprint density at radius 3 is 3.00 bits per heavy atom. The predicted molar refractivity (Wildman–Crippen MR) is 81.7 cm³/mol. The van der Waals surface area contributed by atoms with E-state index in [9.17, 15) is 4.39 Å². The molecule has 1 N–H and O–H groups in total. The molecule has 1 aliphatic rings. The molecule has 0 radical (unpaired) electrons. The van der Waals surface area contributed by atoms with Crippen LogP contribution in [-0.4, -0.2) is 6.61 Å². The second kappa shape index (κ2) is 5.74. The molecule has 5 heteroatoms. The standard InChI is InChI=1S/C16H12BrFN2O/c17-10-4-5-16-11(8-10)15(6-7-21-16)20-14-3-1-2-13(18)12(14)9-19/h1-5,8,15,20H,6-7H2. The highest BCUT2D eigenvalue weighted by atomic mass is 79.9. The Bertz CT molecular complexity index is 727. The van der Waals surface area contributed by atoms with E-state index in [1.165, 1.54) is 6.07 Å². The third kappa shape index (κ3) is 2.72. The fourth-order valence-electron chi connectivity index (χ4n) is 2.46. The average molecular weight is 347 g/mol. The molecular formula is C16H12BrFN2O. The molecule has 0 aliphatic carbocycles. The molecule has 0 bridgehead atoms. The van der Waals surface area contributed by atoms with Crippen molar-refractivity contribution >= 4 is 21.6 Å². The smallest absolute Gasteiger partial charge is 0.143 e. The fraction of sp³-hybridized carbons (Fsp3) is 0.188. The van der Waals surface area contributed by atoms with E-state index in [4.69, 9.17) is 10.00 Å². The maximum absolute atomic E-state index is 13.7. The summed E-state index contributed by atoms with van der Waals surface area (Å²) in [6.45, 7) is 0.587. The van der Waals surface area contributed by atoms with Gasteiger partial charge in [-0.25, -0.2) is 4.39 Å². The van der Waals surface area contributed by atoms with Gasteiger partial charge in [-0.2, -0.15) is 5.26 Å². The van der Waals surface area contributed by atoms with Crippen molar-refractivity contribution in [3.8, 4) is 11.8 Å². The van der Waals surface area contributed by atoms with Crippen molar-refractivity contribution in [2.24, 2.45) is 0 Å². The van der Waals surface area contributed by atoms with Crippen molar-refractivity contribution in [3.63, 3.8) is 0 Å². The summed E-state index contributed by atoms with van der Waals surface area (Å²) in [4.78, 5) is 0. The number of nitriles is 1. The number of nitrogens with one attached hydrogen (secondary N) is 1. The lowest BCUT2D eigenvalue weighted by molar-refractivity contribution is 0.274. The molecule has 21 heavy (non-hydrogen) atoms. The first-order chi connectivity index (χ1) is 10.2. The third-order valence-electron chi connectivity index (χ3n) is 3.47. The van der Waals surface area contributed by atoms with E-state index in [1.54, 1.807) is 12.1 Å². The first-order valence-corrected chi connectivity index (χ1v) is 7.36. The summed E-state index contributed by atoms with van der Waals surface area (Å²) >= 11 is 3.45. The number of rotatable bonds is 2. The van der Waals surface area contributed by atoms with Crippen LogP contribution in [-0.2, 0) is 0 Å². The number of benzene rings is 2. The zero-order valence-corrected chi connectivity index (χ0v) is 12.7. The van der Waals surface area contributed by atoms with Gasteiger partial charge >= 0.3 is 0 Å². The first-order valence-electron chi connectivity index (χ1n) is 6.56. The van der Waals surface area contributed by atoms with Crippen LogP contribution in [0.1, 0.15) is 23.6 Å². The quantitative estimate of drug-likeness (QED) is 0.876. The van der Waals surface area contributed by atoms with Crippen LogP contribution < -0.4 is 10.1 Å². The lowest BCUT2D eigenvalue weighted by atomic mass is 9.99. The molecule has 0 amide bonds. The van der Waals surface area contributed by atoms with Gasteiger partial charge in [0.1, 0.15) is 23.2 Å². The molecule has 1 heterocycles. The van der Waals surface area contributed by atoms with Crippen LogP contribution >= 0.6 is 15.9 Å². The molecule has 1 atom stereocenters. The molecule has 2 aromatic carbocycles. The highest BCUT2D eigenvalue weighted by Gasteiger charge is 2.22. The van der Waals surface area contributed by atoms with Crippen molar-refractivity contribution < 1.29 is 9.13 Å². The summed E-state index contributed by atoms with van der Waals surface area (Å²) in [6, 6.07) is 12.3. The van der Waals surface area contributed by atoms with E-state index in [-0.39, 0.29) is 11.6 Å². The van der Waals surface area contributed by atoms with Crippen LogP contribution in [0.2, 0.25) is 0 Å². The number of fused-ring (bicyclic) bond motifs is 1. The minimum absolute atomic E-state index is 0.0138. The first kappa shape index (κ1) is 13.9. The Hall–Kier alpha value is -2.06. The van der Waals surface area contributed by atoms with Crippen LogP contribution in [0.25, 0.3) is 0 Å². The summed E-state index contributed by atoms with van der Waals surface area (Å²) in [5.41, 5.74) is 1.56. The second-order valence-corrected chi connectivity index (χ2v) is 5.71. The Kier molecular flexibility index (Phi) is 3.80.